The van der Waals surface area contributed by atoms with E-state index in [1.807, 2.05) is 0 Å². The number of nitrogens with one attached hydrogen (secondary N) is 1. The molecule has 1 atom stereocenters. The molecule has 0 saturated heterocycles. The molecule has 0 aliphatic heterocycles. The van der Waals surface area contributed by atoms with Crippen molar-refractivity contribution in [2.45, 2.75) is 6.10 Å². The van der Waals surface area contributed by atoms with Crippen molar-refractivity contribution in [2.24, 2.45) is 10.7 Å². The Labute approximate surface area is 103 Å². The molecule has 2 radical (unpaired) electrons. The molecule has 0 heterocycles. The van der Waals surface area contributed by atoms with Gasteiger partial charge in [-0.3, -0.25) is 4.99 Å². The van der Waals surface area contributed by atoms with Crippen LogP contribution in [0.15, 0.2) is 4.99 Å². The third-order valence-corrected chi connectivity index (χ3v) is 1.00. The van der Waals surface area contributed by atoms with Crippen molar-refractivity contribution in [3.63, 3.8) is 0 Å². The van der Waals surface area contributed by atoms with Gasteiger partial charge in [-0.1, -0.05) is 0 Å². The van der Waals surface area contributed by atoms with Gasteiger partial charge >= 0.3 is 33.7 Å². The molecule has 0 aromatic rings. The van der Waals surface area contributed by atoms with E-state index in [2.05, 4.69) is 17.6 Å². The molecule has 0 aliphatic rings. The minimum atomic E-state index is -0.929. The first-order valence-electron chi connectivity index (χ1n) is 3.20. The third-order valence-electron chi connectivity index (χ3n) is 1.00. The second-order valence-electron chi connectivity index (χ2n) is 1.99. The fraction of sp³-hybridized carbons (Fsp3) is 0.500. The Morgan fingerprint density at radius 3 is 2.64 bits per heavy atom. The van der Waals surface area contributed by atoms with Gasteiger partial charge in [-0.15, -0.1) is 0 Å². The van der Waals surface area contributed by atoms with Crippen molar-refractivity contribution in [2.75, 3.05) is 13.7 Å². The number of hydrogen-bond acceptors (Lipinski definition) is 4. The molecule has 0 saturated carbocycles. The molecule has 5 N–H and O–H groups in total. The van der Waals surface area contributed by atoms with E-state index >= 15 is 0 Å². The number of carbonyl (C=O) groups is 1. The van der Waals surface area contributed by atoms with Crippen molar-refractivity contribution in [1.29, 1.82) is 0 Å². The van der Waals surface area contributed by atoms with Gasteiger partial charge in [0.2, 0.25) is 0 Å². The van der Waals surface area contributed by atoms with Crippen molar-refractivity contribution >= 4 is 12.1 Å². The van der Waals surface area contributed by atoms with Crippen LogP contribution in [0, 0.1) is 6.92 Å². The van der Waals surface area contributed by atoms with E-state index in [9.17, 15) is 9.90 Å². The molecule has 0 spiro atoms. The summed E-state index contributed by atoms with van der Waals surface area (Å²) in [4.78, 5) is 13.5. The third kappa shape index (κ3) is 11.6. The predicted molar refractivity (Wildman–Crippen MR) is 44.8 cm³/mol. The van der Waals surface area contributed by atoms with Gasteiger partial charge in [0.15, 0.2) is 0 Å². The van der Waals surface area contributed by atoms with Gasteiger partial charge in [0.05, 0.1) is 18.7 Å². The Morgan fingerprint density at radius 2 is 2.29 bits per heavy atom. The van der Waals surface area contributed by atoms with Gasteiger partial charge in [-0.2, -0.15) is 0 Å². The Bertz CT molecular complexity index is 188. The smallest absolute Gasteiger partial charge is 0.846 e. The molecule has 78 valence electrons. The second kappa shape index (κ2) is 10.7. The first-order valence-corrected chi connectivity index (χ1v) is 3.20. The molecule has 0 fully saturated rings. The molecule has 0 aliphatic carbocycles. The van der Waals surface area contributed by atoms with Crippen LogP contribution < -0.4 is 16.2 Å². The van der Waals surface area contributed by atoms with Crippen LogP contribution in [0.3, 0.4) is 0 Å². The van der Waals surface area contributed by atoms with E-state index in [1.165, 1.54) is 7.11 Å². The van der Waals surface area contributed by atoms with Gasteiger partial charge < -0.3 is 26.4 Å². The summed E-state index contributed by atoms with van der Waals surface area (Å²) in [6.07, 6.45) is -0.399. The van der Waals surface area contributed by atoms with Crippen LogP contribution in [0.4, 0.5) is 4.79 Å². The number of urea groups is 1. The van der Waals surface area contributed by atoms with Crippen molar-refractivity contribution in [1.82, 2.24) is 5.32 Å². The Morgan fingerprint density at radius 1 is 1.79 bits per heavy atom. The monoisotopic (exact) mass is 393 g/mol. The standard InChI is InChI=1S/C6H12N3O3.Hg.H2O/c1-4(12-2)3-8-6(11)9-5(7)10;;/h4H,1,3H2,2H3,(H4,7,8,9,10,11);;1H2/q;+1;/p-1. The zero-order chi connectivity index (χ0) is 9.56. The van der Waals surface area contributed by atoms with Gasteiger partial charge in [-0.25, -0.2) is 4.79 Å². The summed E-state index contributed by atoms with van der Waals surface area (Å²) >= 11 is 0. The molecule has 0 bridgehead atoms. The maximum absolute atomic E-state index is 10.6. The number of amidine groups is 1. The Balaban J connectivity index is -0.000000605. The number of ether oxygens (including phenoxy) is 1. The number of methoxy groups -OCH3 is 1. The molecule has 14 heavy (non-hydrogen) atoms. The van der Waals surface area contributed by atoms with Crippen LogP contribution in [0.1, 0.15) is 0 Å². The molecule has 2 amide bonds. The summed E-state index contributed by atoms with van der Waals surface area (Å²) in [5.74, 6) is 0. The molecular weight excluding hydrogens is 379 g/mol. The average molecular weight is 392 g/mol. The van der Waals surface area contributed by atoms with Crippen LogP contribution in [0.5, 0.6) is 0 Å². The van der Waals surface area contributed by atoms with Gasteiger partial charge in [0.25, 0.3) is 0 Å². The Kier molecular flexibility index (Phi) is 14.6. The van der Waals surface area contributed by atoms with E-state index < -0.39 is 18.2 Å². The van der Waals surface area contributed by atoms with Crippen molar-refractivity contribution in [3.05, 3.63) is 6.92 Å². The summed E-state index contributed by atoms with van der Waals surface area (Å²) in [6, 6.07) is -1.71. The summed E-state index contributed by atoms with van der Waals surface area (Å²) in [6.45, 7) is 3.59. The number of carbonyl (C=O) groups excluding carboxylic acids is 1. The van der Waals surface area contributed by atoms with Crippen LogP contribution in [-0.2, 0) is 32.4 Å². The average Bonchev–Trinajstić information content (AvgIpc) is 1.99. The molecule has 8 heteroatoms. The first kappa shape index (κ1) is 19.2. The number of hydrogen-bond donors (Lipinski definition) is 2. The van der Waals surface area contributed by atoms with Crippen molar-refractivity contribution < 1.29 is 47.8 Å². The SMILES string of the molecule is O.[CH2]C(CN=C([O-])NC(N)=O)OC.[Hg+]. The zero-order valence-corrected chi connectivity index (χ0v) is 13.4. The van der Waals surface area contributed by atoms with Gasteiger partial charge in [0, 0.05) is 7.11 Å². The molecule has 0 aromatic carbocycles. The number of rotatable bonds is 3. The van der Waals surface area contributed by atoms with Crippen LogP contribution >= 0.6 is 0 Å². The van der Waals surface area contributed by atoms with Gasteiger partial charge in [-0.05, 0) is 6.92 Å². The number of nitrogens with zero attached hydrogens (tertiary/aromatic N) is 1. The number of amides is 2. The Hall–Kier alpha value is -0.405. The molecular formula is C6H13HgN3O4. The van der Waals surface area contributed by atoms with E-state index in [4.69, 9.17) is 4.74 Å². The minimum Gasteiger partial charge on any atom is -0.846 e. The summed E-state index contributed by atoms with van der Waals surface area (Å²) in [7, 11) is 1.44. The second-order valence-corrected chi connectivity index (χ2v) is 1.99. The summed E-state index contributed by atoms with van der Waals surface area (Å²) in [5, 5.41) is 12.4. The van der Waals surface area contributed by atoms with Crippen LogP contribution in [0.25, 0.3) is 0 Å². The maximum Gasteiger partial charge on any atom is 1.00 e. The molecule has 7 nitrogen and oxygen atoms in total. The normalized spacial score (nSPS) is 12.0. The molecule has 0 rings (SSSR count). The minimum absolute atomic E-state index is 0. The maximum atomic E-state index is 10.6. The zero-order valence-electron chi connectivity index (χ0n) is 7.95. The quantitative estimate of drug-likeness (QED) is 0.310. The topological polar surface area (TPSA) is 131 Å². The molecule has 0 aromatic heterocycles. The van der Waals surface area contributed by atoms with E-state index in [-0.39, 0.29) is 39.7 Å². The fourth-order valence-corrected chi connectivity index (χ4v) is 0.404. The van der Waals surface area contributed by atoms with Crippen LogP contribution in [-0.4, -0.2) is 37.3 Å². The first-order chi connectivity index (χ1) is 5.56. The number of nitrogens with two attached hydrogens (primary N) is 1. The number of aliphatic imine (C=N–C) groups is 1. The number of primary amides is 1. The predicted octanol–water partition coefficient (Wildman–Crippen LogP) is -2.61. The molecule has 1 unspecified atom stereocenters. The van der Waals surface area contributed by atoms with E-state index in [0.29, 0.717) is 0 Å². The fourth-order valence-electron chi connectivity index (χ4n) is 0.404. The summed E-state index contributed by atoms with van der Waals surface area (Å²) < 4.78 is 4.70. The largest absolute Gasteiger partial charge is 1.00 e. The summed E-state index contributed by atoms with van der Waals surface area (Å²) in [5.41, 5.74) is 4.65. The van der Waals surface area contributed by atoms with E-state index in [0.717, 1.165) is 0 Å². The van der Waals surface area contributed by atoms with E-state index in [1.54, 1.807) is 5.32 Å². The van der Waals surface area contributed by atoms with Crippen molar-refractivity contribution in [3.8, 4) is 0 Å². The van der Waals surface area contributed by atoms with Crippen LogP contribution in [0.2, 0.25) is 0 Å². The van der Waals surface area contributed by atoms with Gasteiger partial charge in [0.1, 0.15) is 0 Å².